The highest BCUT2D eigenvalue weighted by atomic mass is 16.5. The van der Waals surface area contributed by atoms with E-state index in [4.69, 9.17) is 19.4 Å². The van der Waals surface area contributed by atoms with E-state index in [1.807, 2.05) is 0 Å². The lowest BCUT2D eigenvalue weighted by atomic mass is 9.88. The van der Waals surface area contributed by atoms with E-state index < -0.39 is 0 Å². The van der Waals surface area contributed by atoms with E-state index in [9.17, 15) is 10.1 Å². The van der Waals surface area contributed by atoms with Crippen LogP contribution in [0.3, 0.4) is 0 Å². The minimum absolute atomic E-state index is 0.127. The largest absolute Gasteiger partial charge is 0.497 e. The highest BCUT2D eigenvalue weighted by molar-refractivity contribution is 5.87. The Labute approximate surface area is 261 Å². The predicted octanol–water partition coefficient (Wildman–Crippen LogP) is 3.78. The number of aromatic nitrogens is 2. The van der Waals surface area contributed by atoms with Gasteiger partial charge in [-0.3, -0.25) is 9.69 Å². The molecule has 1 aromatic heterocycles. The molecular formula is C34H45N7O3. The Morgan fingerprint density at radius 3 is 2.82 bits per heavy atom. The lowest BCUT2D eigenvalue weighted by Gasteiger charge is -2.43. The maximum atomic E-state index is 12.6. The van der Waals surface area contributed by atoms with Crippen molar-refractivity contribution in [3.8, 4) is 17.8 Å². The van der Waals surface area contributed by atoms with E-state index in [0.717, 1.165) is 75.4 Å². The first kappa shape index (κ1) is 30.2. The Morgan fingerprint density at radius 1 is 1.14 bits per heavy atom. The summed E-state index contributed by atoms with van der Waals surface area (Å²) in [4.78, 5) is 31.7. The van der Waals surface area contributed by atoms with E-state index in [-0.39, 0.29) is 18.4 Å². The number of likely N-dealkylation sites (N-methyl/N-ethyl adjacent to an activating group) is 1. The highest BCUT2D eigenvalue weighted by Crippen LogP contribution is 2.38. The molecule has 3 atom stereocenters. The molecule has 4 heterocycles. The summed E-state index contributed by atoms with van der Waals surface area (Å²) in [5.74, 6) is 1.69. The number of benzene rings is 1. The van der Waals surface area contributed by atoms with Crippen LogP contribution in [-0.4, -0.2) is 96.8 Å². The molecule has 2 saturated heterocycles. The fraction of sp³-hybridized carbons (Fsp3) is 0.588. The number of hydrogen-bond donors (Lipinski definition) is 0. The summed E-state index contributed by atoms with van der Waals surface area (Å²) in [7, 11) is 1.73. The summed E-state index contributed by atoms with van der Waals surface area (Å²) < 4.78 is 11.9. The third-order valence-electron chi connectivity index (χ3n) is 9.97. The second-order valence-corrected chi connectivity index (χ2v) is 12.4. The lowest BCUT2D eigenvalue weighted by molar-refractivity contribution is -0.128. The molecule has 0 N–H and O–H groups in total. The number of carbonyl (C=O) groups excluding carboxylic acids is 1. The van der Waals surface area contributed by atoms with E-state index >= 15 is 0 Å². The van der Waals surface area contributed by atoms with Crippen molar-refractivity contribution in [1.82, 2.24) is 19.8 Å². The quantitative estimate of drug-likeness (QED) is 0.399. The van der Waals surface area contributed by atoms with Gasteiger partial charge >= 0.3 is 6.01 Å². The van der Waals surface area contributed by atoms with Gasteiger partial charge in [-0.15, -0.1) is 0 Å². The minimum Gasteiger partial charge on any atom is -0.497 e. The van der Waals surface area contributed by atoms with Crippen LogP contribution < -0.4 is 19.3 Å². The Morgan fingerprint density at radius 2 is 2.02 bits per heavy atom. The van der Waals surface area contributed by atoms with Crippen LogP contribution in [0.5, 0.6) is 11.8 Å². The molecule has 6 rings (SSSR count). The van der Waals surface area contributed by atoms with Gasteiger partial charge in [0, 0.05) is 55.9 Å². The van der Waals surface area contributed by atoms with Gasteiger partial charge in [0.05, 0.1) is 31.3 Å². The number of fused-ring (bicyclic) bond motifs is 2. The van der Waals surface area contributed by atoms with Crippen LogP contribution in [0.25, 0.3) is 0 Å². The number of nitrogens with zero attached hydrogens (tertiary/aromatic N) is 7. The van der Waals surface area contributed by atoms with E-state index in [1.54, 1.807) is 12.0 Å². The van der Waals surface area contributed by atoms with Gasteiger partial charge in [-0.2, -0.15) is 15.2 Å². The van der Waals surface area contributed by atoms with Crippen molar-refractivity contribution >= 4 is 17.4 Å². The molecule has 0 spiro atoms. The molecule has 44 heavy (non-hydrogen) atoms. The second kappa shape index (κ2) is 13.4. The van der Waals surface area contributed by atoms with Crippen molar-refractivity contribution in [3.05, 3.63) is 47.7 Å². The molecule has 1 aromatic carbocycles. The average molecular weight is 600 g/mol. The molecule has 0 saturated carbocycles. The number of methoxy groups -OCH3 is 1. The third-order valence-corrected chi connectivity index (χ3v) is 9.97. The number of rotatable bonds is 9. The number of hydrogen-bond acceptors (Lipinski definition) is 9. The van der Waals surface area contributed by atoms with Crippen LogP contribution in [0.4, 0.5) is 11.5 Å². The summed E-state index contributed by atoms with van der Waals surface area (Å²) in [6.07, 6.45) is 8.83. The standard InChI is InChI=1S/C34H45N7O3/c1-4-32(42)41-19-18-39(22-26(41)14-15-35)33-29-12-10-25(40-17-6-8-24-20-28(43-3)11-13-31(24)40)21-30(29)36-34(37-33)44-23-27-9-7-16-38(27)5-2/h4,11,13,20,25-27H,1,5-10,12,14,16-19,21-23H2,2-3H3. The fourth-order valence-electron chi connectivity index (χ4n) is 7.66. The molecule has 1 aliphatic carbocycles. The van der Waals surface area contributed by atoms with Crippen molar-refractivity contribution in [1.29, 1.82) is 5.26 Å². The number of aryl methyl sites for hydroxylation is 1. The van der Waals surface area contributed by atoms with Gasteiger partial charge in [0.2, 0.25) is 5.91 Å². The molecule has 0 radical (unpaired) electrons. The molecule has 234 valence electrons. The van der Waals surface area contributed by atoms with Crippen LogP contribution in [0.15, 0.2) is 30.9 Å². The Balaban J connectivity index is 1.29. The van der Waals surface area contributed by atoms with Gasteiger partial charge in [-0.1, -0.05) is 13.5 Å². The summed E-state index contributed by atoms with van der Waals surface area (Å²) in [5, 5.41) is 9.56. The van der Waals surface area contributed by atoms with Crippen molar-refractivity contribution < 1.29 is 14.3 Å². The number of ether oxygens (including phenoxy) is 2. The first-order chi connectivity index (χ1) is 21.5. The zero-order valence-corrected chi connectivity index (χ0v) is 26.2. The molecule has 3 aliphatic heterocycles. The van der Waals surface area contributed by atoms with Crippen LogP contribution in [0.1, 0.15) is 55.8 Å². The number of nitriles is 1. The molecule has 10 nitrogen and oxygen atoms in total. The topological polar surface area (TPSA) is 98.1 Å². The SMILES string of the molecule is C=CC(=O)N1CCN(c2nc(OCC3CCCN3CC)nc3c2CCC(N2CCCc4cc(OC)ccc42)C3)CC1CC#N. The van der Waals surface area contributed by atoms with Crippen molar-refractivity contribution in [2.24, 2.45) is 0 Å². The van der Waals surface area contributed by atoms with Crippen molar-refractivity contribution in [2.75, 3.05) is 62.8 Å². The summed E-state index contributed by atoms with van der Waals surface area (Å²) in [6, 6.07) is 9.68. The second-order valence-electron chi connectivity index (χ2n) is 12.4. The molecule has 10 heteroatoms. The third kappa shape index (κ3) is 6.07. The zero-order valence-electron chi connectivity index (χ0n) is 26.2. The molecule has 0 bridgehead atoms. The molecule has 2 aromatic rings. The summed E-state index contributed by atoms with van der Waals surface area (Å²) >= 11 is 0. The van der Waals surface area contributed by atoms with Crippen LogP contribution in [0.2, 0.25) is 0 Å². The number of likely N-dealkylation sites (tertiary alicyclic amines) is 1. The highest BCUT2D eigenvalue weighted by Gasteiger charge is 2.35. The van der Waals surface area contributed by atoms with Crippen LogP contribution >= 0.6 is 0 Å². The molecular weight excluding hydrogens is 554 g/mol. The van der Waals surface area contributed by atoms with E-state index in [0.29, 0.717) is 44.3 Å². The number of anilines is 2. The normalized spacial score (nSPS) is 23.5. The number of piperazine rings is 1. The number of amides is 1. The van der Waals surface area contributed by atoms with Crippen LogP contribution in [0, 0.1) is 11.3 Å². The van der Waals surface area contributed by atoms with Gasteiger partial charge < -0.3 is 24.2 Å². The minimum atomic E-state index is -0.219. The smallest absolute Gasteiger partial charge is 0.318 e. The monoisotopic (exact) mass is 599 g/mol. The Kier molecular flexibility index (Phi) is 9.22. The van der Waals surface area contributed by atoms with E-state index in [2.05, 4.69) is 52.5 Å². The molecule has 2 fully saturated rings. The summed E-state index contributed by atoms with van der Waals surface area (Å²) in [5.41, 5.74) is 4.89. The predicted molar refractivity (Wildman–Crippen MR) is 170 cm³/mol. The number of carbonyl (C=O) groups is 1. The maximum absolute atomic E-state index is 12.6. The van der Waals surface area contributed by atoms with Crippen molar-refractivity contribution in [2.45, 2.75) is 76.4 Å². The Hall–Kier alpha value is -3.84. The van der Waals surface area contributed by atoms with Gasteiger partial charge in [-0.05, 0) is 81.5 Å². The first-order valence-corrected chi connectivity index (χ1v) is 16.3. The lowest BCUT2D eigenvalue weighted by Crippen LogP contribution is -2.55. The van der Waals surface area contributed by atoms with Gasteiger partial charge in [0.15, 0.2) is 0 Å². The first-order valence-electron chi connectivity index (χ1n) is 16.3. The Bertz CT molecular complexity index is 1410. The fourth-order valence-corrected chi connectivity index (χ4v) is 7.66. The maximum Gasteiger partial charge on any atom is 0.318 e. The van der Waals surface area contributed by atoms with Gasteiger partial charge in [0.1, 0.15) is 18.2 Å². The average Bonchev–Trinajstić information content (AvgIpc) is 3.53. The van der Waals surface area contributed by atoms with Gasteiger partial charge in [0.25, 0.3) is 0 Å². The van der Waals surface area contributed by atoms with Gasteiger partial charge in [-0.25, -0.2) is 0 Å². The molecule has 1 amide bonds. The molecule has 3 unspecified atom stereocenters. The molecule has 4 aliphatic rings. The zero-order chi connectivity index (χ0) is 30.6. The van der Waals surface area contributed by atoms with Crippen LogP contribution in [-0.2, 0) is 24.1 Å². The van der Waals surface area contributed by atoms with E-state index in [1.165, 1.54) is 29.3 Å². The summed E-state index contributed by atoms with van der Waals surface area (Å²) in [6.45, 7) is 11.3. The van der Waals surface area contributed by atoms with Crippen molar-refractivity contribution in [3.63, 3.8) is 0 Å².